The van der Waals surface area contributed by atoms with Gasteiger partial charge in [-0.1, -0.05) is 53.7 Å². The van der Waals surface area contributed by atoms with Gasteiger partial charge >= 0.3 is 7.60 Å². The van der Waals surface area contributed by atoms with Crippen LogP contribution in [0.25, 0.3) is 0 Å². The van der Waals surface area contributed by atoms with Gasteiger partial charge in [0.25, 0.3) is 0 Å². The Labute approximate surface area is 147 Å². The largest absolute Gasteiger partial charge is 0.507 e. The molecular weight excluding hydrogens is 323 g/mol. The van der Waals surface area contributed by atoms with Gasteiger partial charge in [-0.2, -0.15) is 0 Å². The summed E-state index contributed by atoms with van der Waals surface area (Å²) < 4.78 is 23.7. The van der Waals surface area contributed by atoms with Gasteiger partial charge in [0.1, 0.15) is 5.75 Å². The molecule has 5 heteroatoms. The maximum atomic E-state index is 12.9. The molecule has 0 heterocycles. The van der Waals surface area contributed by atoms with Crippen molar-refractivity contribution in [1.82, 2.24) is 0 Å². The van der Waals surface area contributed by atoms with E-state index in [4.69, 9.17) is 9.05 Å². The Morgan fingerprint density at radius 2 is 1.46 bits per heavy atom. The first kappa shape index (κ1) is 21.2. The van der Waals surface area contributed by atoms with Gasteiger partial charge < -0.3 is 14.2 Å². The molecule has 0 aliphatic carbocycles. The monoisotopic (exact) mass is 356 g/mol. The normalized spacial score (nSPS) is 13.3. The van der Waals surface area contributed by atoms with Crippen LogP contribution in [0.2, 0.25) is 0 Å². The number of rotatable bonds is 6. The van der Waals surface area contributed by atoms with E-state index < -0.39 is 7.60 Å². The van der Waals surface area contributed by atoms with Crippen LogP contribution in [0.1, 0.15) is 72.1 Å². The van der Waals surface area contributed by atoms with Crippen LogP contribution in [0.5, 0.6) is 5.75 Å². The van der Waals surface area contributed by atoms with Crippen LogP contribution in [0.15, 0.2) is 12.1 Å². The molecule has 1 aromatic rings. The zero-order valence-corrected chi connectivity index (χ0v) is 17.3. The van der Waals surface area contributed by atoms with Crippen molar-refractivity contribution in [3.05, 3.63) is 28.8 Å². The lowest BCUT2D eigenvalue weighted by molar-refractivity contribution is 0.219. The van der Waals surface area contributed by atoms with Crippen molar-refractivity contribution in [2.45, 2.75) is 72.4 Å². The van der Waals surface area contributed by atoms with E-state index in [1.54, 1.807) is 13.8 Å². The number of phenolic OH excluding ortho intramolecular Hbond substituents is 1. The summed E-state index contributed by atoms with van der Waals surface area (Å²) in [7, 11) is -3.27. The summed E-state index contributed by atoms with van der Waals surface area (Å²) in [5, 5.41) is 10.8. The van der Waals surface area contributed by atoms with Crippen molar-refractivity contribution < 1.29 is 18.7 Å². The molecule has 0 fully saturated rings. The molecule has 0 atom stereocenters. The fourth-order valence-electron chi connectivity index (χ4n) is 2.55. The number of phenols is 1. The Kier molecular flexibility index (Phi) is 6.71. The molecule has 0 aromatic heterocycles. The second-order valence-electron chi connectivity index (χ2n) is 8.14. The fraction of sp³-hybridized carbons (Fsp3) is 0.684. The highest BCUT2D eigenvalue weighted by Gasteiger charge is 2.30. The minimum atomic E-state index is -3.27. The predicted octanol–water partition coefficient (Wildman–Crippen LogP) is 5.75. The van der Waals surface area contributed by atoms with Crippen molar-refractivity contribution in [2.24, 2.45) is 0 Å². The zero-order valence-electron chi connectivity index (χ0n) is 16.4. The highest BCUT2D eigenvalue weighted by atomic mass is 31.2. The van der Waals surface area contributed by atoms with Gasteiger partial charge in [0.2, 0.25) is 0 Å². The van der Waals surface area contributed by atoms with Gasteiger partial charge in [0.15, 0.2) is 0 Å². The molecule has 0 aliphatic rings. The minimum absolute atomic E-state index is 0.0769. The molecule has 0 aliphatic heterocycles. The molecule has 0 spiro atoms. The molecule has 0 amide bonds. The van der Waals surface area contributed by atoms with Crippen LogP contribution < -0.4 is 0 Å². The number of hydrogen-bond donors (Lipinski definition) is 1. The summed E-state index contributed by atoms with van der Waals surface area (Å²) in [4.78, 5) is 0. The average molecular weight is 356 g/mol. The van der Waals surface area contributed by atoms with Crippen molar-refractivity contribution in [3.8, 4) is 5.75 Å². The SMILES string of the molecule is CCOP(=O)(Cc1cc(C(C)(C)C)cc(C(C)(C)C)c1O)OCC. The first-order chi connectivity index (χ1) is 10.8. The molecule has 0 saturated carbocycles. The Balaban J connectivity index is 3.49. The highest BCUT2D eigenvalue weighted by Crippen LogP contribution is 2.53. The Morgan fingerprint density at radius 3 is 1.83 bits per heavy atom. The molecule has 0 bridgehead atoms. The summed E-state index contributed by atoms with van der Waals surface area (Å²) >= 11 is 0. The van der Waals surface area contributed by atoms with E-state index in [-0.39, 0.29) is 22.7 Å². The minimum Gasteiger partial charge on any atom is -0.507 e. The van der Waals surface area contributed by atoms with Crippen LogP contribution in [-0.2, 0) is 30.6 Å². The molecule has 138 valence electrons. The van der Waals surface area contributed by atoms with Crippen LogP contribution in [0.4, 0.5) is 0 Å². The molecule has 0 saturated heterocycles. The van der Waals surface area contributed by atoms with E-state index in [1.807, 2.05) is 12.1 Å². The van der Waals surface area contributed by atoms with E-state index in [0.29, 0.717) is 18.8 Å². The molecule has 0 unspecified atom stereocenters. The number of benzene rings is 1. The van der Waals surface area contributed by atoms with Crippen LogP contribution in [0, 0.1) is 0 Å². The Morgan fingerprint density at radius 1 is 0.958 bits per heavy atom. The standard InChI is InChI=1S/C19H33O4P/c1-9-22-24(21,23-10-2)13-14-11-15(18(3,4)5)12-16(17(14)20)19(6,7)8/h11-12,20H,9-10,13H2,1-8H3. The summed E-state index contributed by atoms with van der Waals surface area (Å²) in [6.07, 6.45) is 0.0769. The van der Waals surface area contributed by atoms with Crippen molar-refractivity contribution in [3.63, 3.8) is 0 Å². The highest BCUT2D eigenvalue weighted by molar-refractivity contribution is 7.53. The molecule has 1 rings (SSSR count). The summed E-state index contributed by atoms with van der Waals surface area (Å²) in [5.41, 5.74) is 2.27. The van der Waals surface area contributed by atoms with Gasteiger partial charge in [-0.15, -0.1) is 0 Å². The topological polar surface area (TPSA) is 55.8 Å². The van der Waals surface area contributed by atoms with E-state index in [0.717, 1.165) is 11.1 Å². The fourth-order valence-corrected chi connectivity index (χ4v) is 4.25. The van der Waals surface area contributed by atoms with Crippen LogP contribution in [0.3, 0.4) is 0 Å². The van der Waals surface area contributed by atoms with Gasteiger partial charge in [-0.25, -0.2) is 0 Å². The summed E-state index contributed by atoms with van der Waals surface area (Å²) in [5.74, 6) is 0.190. The third kappa shape index (κ3) is 5.34. The molecule has 4 nitrogen and oxygen atoms in total. The zero-order chi connectivity index (χ0) is 18.8. The third-order valence-electron chi connectivity index (χ3n) is 3.88. The Bertz CT molecular complexity index is 599. The van der Waals surface area contributed by atoms with Gasteiger partial charge in [-0.3, -0.25) is 4.57 Å². The second-order valence-corrected chi connectivity index (χ2v) is 10.2. The maximum absolute atomic E-state index is 12.9. The van der Waals surface area contributed by atoms with Crippen molar-refractivity contribution >= 4 is 7.60 Å². The summed E-state index contributed by atoms with van der Waals surface area (Å²) in [6.45, 7) is 16.7. The van der Waals surface area contributed by atoms with Crippen molar-refractivity contribution in [1.29, 1.82) is 0 Å². The van der Waals surface area contributed by atoms with Crippen molar-refractivity contribution in [2.75, 3.05) is 13.2 Å². The predicted molar refractivity (Wildman–Crippen MR) is 100 cm³/mol. The molecule has 0 radical (unpaired) electrons. The first-order valence-corrected chi connectivity index (χ1v) is 10.3. The Hall–Kier alpha value is -0.830. The smallest absolute Gasteiger partial charge is 0.335 e. The lowest BCUT2D eigenvalue weighted by atomic mass is 9.79. The molecular formula is C19H33O4P. The molecule has 1 aromatic carbocycles. The summed E-state index contributed by atoms with van der Waals surface area (Å²) in [6, 6.07) is 3.97. The molecule has 1 N–H and O–H groups in total. The third-order valence-corrected chi connectivity index (χ3v) is 5.91. The second kappa shape index (κ2) is 7.59. The average Bonchev–Trinajstić information content (AvgIpc) is 2.38. The number of hydrogen-bond acceptors (Lipinski definition) is 4. The maximum Gasteiger partial charge on any atom is 0.335 e. The lowest BCUT2D eigenvalue weighted by Crippen LogP contribution is -2.17. The van der Waals surface area contributed by atoms with Crippen LogP contribution in [-0.4, -0.2) is 18.3 Å². The lowest BCUT2D eigenvalue weighted by Gasteiger charge is -2.28. The van der Waals surface area contributed by atoms with Gasteiger partial charge in [0, 0.05) is 5.56 Å². The van der Waals surface area contributed by atoms with E-state index in [1.165, 1.54) is 0 Å². The van der Waals surface area contributed by atoms with Gasteiger partial charge in [-0.05, 0) is 35.8 Å². The quantitative estimate of drug-likeness (QED) is 0.659. The molecule has 24 heavy (non-hydrogen) atoms. The first-order valence-electron chi connectivity index (χ1n) is 8.59. The van der Waals surface area contributed by atoms with E-state index in [2.05, 4.69) is 41.5 Å². The van der Waals surface area contributed by atoms with E-state index in [9.17, 15) is 9.67 Å². The number of aromatic hydroxyl groups is 1. The van der Waals surface area contributed by atoms with Gasteiger partial charge in [0.05, 0.1) is 19.4 Å². The van der Waals surface area contributed by atoms with Crippen LogP contribution >= 0.6 is 7.60 Å². The van der Waals surface area contributed by atoms with E-state index >= 15 is 0 Å².